The molecule has 0 radical (unpaired) electrons. The smallest absolute Gasteiger partial charge is 0.356 e. The Bertz CT molecular complexity index is 619. The lowest BCUT2D eigenvalue weighted by molar-refractivity contribution is 0.0689. The second kappa shape index (κ2) is 4.51. The van der Waals surface area contributed by atoms with E-state index in [9.17, 15) is 9.90 Å². The molecule has 1 aliphatic rings. The minimum Gasteiger partial charge on any atom is -0.476 e. The first-order valence-electron chi connectivity index (χ1n) is 6.30. The number of benzene rings is 1. The molecule has 3 N–H and O–H groups in total. The molecule has 1 aromatic heterocycles. The van der Waals surface area contributed by atoms with Crippen LogP contribution < -0.4 is 5.73 Å². The predicted molar refractivity (Wildman–Crippen MR) is 70.9 cm³/mol. The second-order valence-electron chi connectivity index (χ2n) is 4.81. The van der Waals surface area contributed by atoms with E-state index in [2.05, 4.69) is 4.98 Å². The second-order valence-corrected chi connectivity index (χ2v) is 4.81. The first-order chi connectivity index (χ1) is 9.16. The summed E-state index contributed by atoms with van der Waals surface area (Å²) in [6.45, 7) is 0.723. The number of hydrogen-bond acceptors (Lipinski definition) is 3. The van der Waals surface area contributed by atoms with E-state index in [1.807, 2.05) is 34.9 Å². The highest BCUT2D eigenvalue weighted by molar-refractivity contribution is 5.88. The van der Waals surface area contributed by atoms with Crippen molar-refractivity contribution < 1.29 is 9.90 Å². The standard InChI is InChI=1S/C14H15N3O2/c15-10-6-7-17-11(8-10)12(14(18)19)16-13(17)9-4-2-1-3-5-9/h1-5,10H,6-8,15H2,(H,18,19). The number of aromatic carboxylic acids is 1. The molecule has 0 saturated heterocycles. The zero-order valence-electron chi connectivity index (χ0n) is 10.4. The molecule has 1 atom stereocenters. The molecule has 19 heavy (non-hydrogen) atoms. The molecule has 1 aliphatic heterocycles. The van der Waals surface area contributed by atoms with E-state index in [1.54, 1.807) is 0 Å². The molecule has 1 aromatic carbocycles. The number of aromatic nitrogens is 2. The van der Waals surface area contributed by atoms with Gasteiger partial charge >= 0.3 is 5.97 Å². The lowest BCUT2D eigenvalue weighted by atomic mass is 10.0. The number of imidazole rings is 1. The minimum absolute atomic E-state index is 0.0194. The summed E-state index contributed by atoms with van der Waals surface area (Å²) in [5, 5.41) is 9.27. The number of nitrogens with two attached hydrogens (primary N) is 1. The van der Waals surface area contributed by atoms with Crippen molar-refractivity contribution in [3.8, 4) is 11.4 Å². The maximum atomic E-state index is 11.3. The summed E-state index contributed by atoms with van der Waals surface area (Å²) in [6, 6.07) is 9.67. The molecule has 0 amide bonds. The van der Waals surface area contributed by atoms with Crippen LogP contribution in [0.25, 0.3) is 11.4 Å². The number of fused-ring (bicyclic) bond motifs is 1. The number of carbonyl (C=O) groups is 1. The molecule has 5 heteroatoms. The summed E-state index contributed by atoms with van der Waals surface area (Å²) < 4.78 is 1.99. The first-order valence-corrected chi connectivity index (χ1v) is 6.30. The Balaban J connectivity index is 2.17. The maximum Gasteiger partial charge on any atom is 0.356 e. The Labute approximate surface area is 110 Å². The van der Waals surface area contributed by atoms with Crippen LogP contribution >= 0.6 is 0 Å². The van der Waals surface area contributed by atoms with E-state index in [-0.39, 0.29) is 11.7 Å². The van der Waals surface area contributed by atoms with Gasteiger partial charge in [-0.1, -0.05) is 30.3 Å². The fourth-order valence-electron chi connectivity index (χ4n) is 2.56. The molecular formula is C14H15N3O2. The van der Waals surface area contributed by atoms with Gasteiger partial charge in [0.1, 0.15) is 5.82 Å². The highest BCUT2D eigenvalue weighted by Crippen LogP contribution is 2.27. The van der Waals surface area contributed by atoms with Crippen molar-refractivity contribution in [2.24, 2.45) is 5.73 Å². The van der Waals surface area contributed by atoms with Crippen LogP contribution in [-0.4, -0.2) is 26.7 Å². The predicted octanol–water partition coefficient (Wildman–Crippen LogP) is 1.52. The van der Waals surface area contributed by atoms with Crippen LogP contribution in [0.2, 0.25) is 0 Å². The highest BCUT2D eigenvalue weighted by atomic mass is 16.4. The van der Waals surface area contributed by atoms with Crippen molar-refractivity contribution >= 4 is 5.97 Å². The van der Waals surface area contributed by atoms with Gasteiger partial charge in [0.25, 0.3) is 0 Å². The third-order valence-electron chi connectivity index (χ3n) is 3.49. The van der Waals surface area contributed by atoms with Gasteiger partial charge in [0.15, 0.2) is 5.69 Å². The fraction of sp³-hybridized carbons (Fsp3) is 0.286. The van der Waals surface area contributed by atoms with E-state index < -0.39 is 5.97 Å². The SMILES string of the molecule is NC1CCn2c(-c3ccccc3)nc(C(=O)O)c2C1. The van der Waals surface area contributed by atoms with Gasteiger partial charge in [-0.25, -0.2) is 9.78 Å². The monoisotopic (exact) mass is 257 g/mol. The Morgan fingerprint density at radius 2 is 2.11 bits per heavy atom. The van der Waals surface area contributed by atoms with Crippen molar-refractivity contribution in [3.63, 3.8) is 0 Å². The summed E-state index contributed by atoms with van der Waals surface area (Å²) in [5.41, 5.74) is 7.74. The van der Waals surface area contributed by atoms with Crippen LogP contribution in [0.15, 0.2) is 30.3 Å². The van der Waals surface area contributed by atoms with Gasteiger partial charge in [0, 0.05) is 24.6 Å². The number of carboxylic acids is 1. The van der Waals surface area contributed by atoms with Gasteiger partial charge in [-0.15, -0.1) is 0 Å². The molecule has 0 saturated carbocycles. The third-order valence-corrected chi connectivity index (χ3v) is 3.49. The molecule has 3 rings (SSSR count). The van der Waals surface area contributed by atoms with Crippen molar-refractivity contribution in [2.45, 2.75) is 25.4 Å². The van der Waals surface area contributed by atoms with Gasteiger partial charge in [0.2, 0.25) is 0 Å². The van der Waals surface area contributed by atoms with Gasteiger partial charge in [-0.3, -0.25) is 0 Å². The first kappa shape index (κ1) is 11.9. The van der Waals surface area contributed by atoms with Gasteiger partial charge in [-0.2, -0.15) is 0 Å². The van der Waals surface area contributed by atoms with Crippen molar-refractivity contribution in [1.82, 2.24) is 9.55 Å². The van der Waals surface area contributed by atoms with Crippen LogP contribution in [0.5, 0.6) is 0 Å². The van der Waals surface area contributed by atoms with Crippen molar-refractivity contribution in [3.05, 3.63) is 41.7 Å². The van der Waals surface area contributed by atoms with E-state index in [0.717, 1.165) is 30.0 Å². The number of carboxylic acid groups (broad SMARTS) is 1. The highest BCUT2D eigenvalue weighted by Gasteiger charge is 2.27. The van der Waals surface area contributed by atoms with Crippen LogP contribution in [0.3, 0.4) is 0 Å². The van der Waals surface area contributed by atoms with E-state index in [4.69, 9.17) is 5.73 Å². The molecule has 0 spiro atoms. The summed E-state index contributed by atoms with van der Waals surface area (Å²) in [4.78, 5) is 15.6. The third kappa shape index (κ3) is 2.02. The Hall–Kier alpha value is -2.14. The summed E-state index contributed by atoms with van der Waals surface area (Å²) in [7, 11) is 0. The zero-order chi connectivity index (χ0) is 13.4. The molecule has 0 bridgehead atoms. The maximum absolute atomic E-state index is 11.3. The lowest BCUT2D eigenvalue weighted by Crippen LogP contribution is -2.31. The van der Waals surface area contributed by atoms with Crippen LogP contribution in [0, 0.1) is 0 Å². The summed E-state index contributed by atoms with van der Waals surface area (Å²) >= 11 is 0. The van der Waals surface area contributed by atoms with Crippen molar-refractivity contribution in [1.29, 1.82) is 0 Å². The lowest BCUT2D eigenvalue weighted by Gasteiger charge is -2.22. The molecule has 1 unspecified atom stereocenters. The molecule has 2 aromatic rings. The van der Waals surface area contributed by atoms with Crippen LogP contribution in [0.4, 0.5) is 0 Å². The molecular weight excluding hydrogens is 242 g/mol. The minimum atomic E-state index is -0.986. The largest absolute Gasteiger partial charge is 0.476 e. The van der Waals surface area contributed by atoms with Crippen LogP contribution in [0.1, 0.15) is 22.6 Å². The van der Waals surface area contributed by atoms with Gasteiger partial charge in [0.05, 0.1) is 5.69 Å². The topological polar surface area (TPSA) is 81.1 Å². The van der Waals surface area contributed by atoms with Crippen LogP contribution in [-0.2, 0) is 13.0 Å². The average molecular weight is 257 g/mol. The normalized spacial score (nSPS) is 18.1. The average Bonchev–Trinajstić information content (AvgIpc) is 2.78. The molecule has 0 aliphatic carbocycles. The molecule has 0 fully saturated rings. The molecule has 98 valence electrons. The van der Waals surface area contributed by atoms with Crippen molar-refractivity contribution in [2.75, 3.05) is 0 Å². The Morgan fingerprint density at radius 1 is 1.37 bits per heavy atom. The number of hydrogen-bond donors (Lipinski definition) is 2. The van der Waals surface area contributed by atoms with Gasteiger partial charge < -0.3 is 15.4 Å². The summed E-state index contributed by atoms with van der Waals surface area (Å²) in [6.07, 6.45) is 1.42. The Morgan fingerprint density at radius 3 is 2.79 bits per heavy atom. The summed E-state index contributed by atoms with van der Waals surface area (Å²) in [5.74, 6) is -0.264. The zero-order valence-corrected chi connectivity index (χ0v) is 10.4. The van der Waals surface area contributed by atoms with E-state index in [1.165, 1.54) is 0 Å². The number of nitrogens with zero attached hydrogens (tertiary/aromatic N) is 2. The van der Waals surface area contributed by atoms with Gasteiger partial charge in [-0.05, 0) is 6.42 Å². The quantitative estimate of drug-likeness (QED) is 0.854. The number of rotatable bonds is 2. The Kier molecular flexibility index (Phi) is 2.83. The molecule has 2 heterocycles. The van der Waals surface area contributed by atoms with E-state index in [0.29, 0.717) is 6.42 Å². The van der Waals surface area contributed by atoms with E-state index >= 15 is 0 Å². The fourth-order valence-corrected chi connectivity index (χ4v) is 2.56. The molecule has 5 nitrogen and oxygen atoms in total.